The Morgan fingerprint density at radius 2 is 1.61 bits per heavy atom. The number of anilines is 2. The Labute approximate surface area is 141 Å². The van der Waals surface area contributed by atoms with Crippen LogP contribution in [0, 0.1) is 0 Å². The molecule has 0 spiro atoms. The molecule has 4 nitrogen and oxygen atoms in total. The molecule has 0 saturated carbocycles. The van der Waals surface area contributed by atoms with E-state index in [9.17, 15) is 4.79 Å². The maximum absolute atomic E-state index is 12.0. The molecule has 1 saturated heterocycles. The third kappa shape index (κ3) is 4.07. The van der Waals surface area contributed by atoms with Gasteiger partial charge in [-0.05, 0) is 61.5 Å². The summed E-state index contributed by atoms with van der Waals surface area (Å²) in [7, 11) is 0. The highest BCUT2D eigenvalue weighted by Crippen LogP contribution is 2.21. The van der Waals surface area contributed by atoms with Crippen molar-refractivity contribution in [1.82, 2.24) is 5.32 Å². The fourth-order valence-electron chi connectivity index (χ4n) is 2.66. The smallest absolute Gasteiger partial charge is 0.257 e. The standard InChI is InChI=1S/C18H19N3OS/c22-17(14-6-2-1-3-7-14)20-18(23)19-15-8-10-16(11-9-15)21-12-4-5-13-21/h1-3,6-11H,4-5,12-13H2,(H2,19,20,22,23). The van der Waals surface area contributed by atoms with Gasteiger partial charge in [0.25, 0.3) is 5.91 Å². The van der Waals surface area contributed by atoms with E-state index >= 15 is 0 Å². The van der Waals surface area contributed by atoms with Gasteiger partial charge in [-0.2, -0.15) is 0 Å². The average Bonchev–Trinajstić information content (AvgIpc) is 3.11. The number of carbonyl (C=O) groups is 1. The summed E-state index contributed by atoms with van der Waals surface area (Å²) in [5.74, 6) is -0.211. The molecule has 118 valence electrons. The SMILES string of the molecule is O=C(NC(=S)Nc1ccc(N2CCCC2)cc1)c1ccccc1. The third-order valence-electron chi connectivity index (χ3n) is 3.86. The monoisotopic (exact) mass is 325 g/mol. The minimum Gasteiger partial charge on any atom is -0.372 e. The second-order valence-electron chi connectivity index (χ2n) is 5.52. The summed E-state index contributed by atoms with van der Waals surface area (Å²) in [5, 5.41) is 6.03. The number of hydrogen-bond acceptors (Lipinski definition) is 3. The van der Waals surface area contributed by atoms with Crippen LogP contribution in [0.25, 0.3) is 0 Å². The summed E-state index contributed by atoms with van der Waals surface area (Å²) in [6.45, 7) is 2.25. The number of nitrogens with one attached hydrogen (secondary N) is 2. The first-order chi connectivity index (χ1) is 11.2. The zero-order valence-electron chi connectivity index (χ0n) is 12.8. The highest BCUT2D eigenvalue weighted by molar-refractivity contribution is 7.80. The summed E-state index contributed by atoms with van der Waals surface area (Å²) in [6.07, 6.45) is 2.52. The molecule has 0 aromatic heterocycles. The molecule has 2 aromatic carbocycles. The Morgan fingerprint density at radius 3 is 2.26 bits per heavy atom. The van der Waals surface area contributed by atoms with Crippen molar-refractivity contribution in [1.29, 1.82) is 0 Å². The van der Waals surface area contributed by atoms with Gasteiger partial charge in [0.1, 0.15) is 0 Å². The molecule has 0 radical (unpaired) electrons. The molecule has 5 heteroatoms. The van der Waals surface area contributed by atoms with Gasteiger partial charge in [-0.1, -0.05) is 18.2 Å². The van der Waals surface area contributed by atoms with E-state index in [1.54, 1.807) is 12.1 Å². The fourth-order valence-corrected chi connectivity index (χ4v) is 2.87. The van der Waals surface area contributed by atoms with Crippen molar-refractivity contribution >= 4 is 34.6 Å². The maximum Gasteiger partial charge on any atom is 0.257 e. The van der Waals surface area contributed by atoms with Crippen molar-refractivity contribution in [2.75, 3.05) is 23.3 Å². The number of hydrogen-bond donors (Lipinski definition) is 2. The Kier molecular flexibility index (Phi) is 4.88. The molecule has 1 heterocycles. The van der Waals surface area contributed by atoms with E-state index in [1.807, 2.05) is 30.3 Å². The largest absolute Gasteiger partial charge is 0.372 e. The second kappa shape index (κ2) is 7.24. The van der Waals surface area contributed by atoms with Crippen molar-refractivity contribution in [2.45, 2.75) is 12.8 Å². The lowest BCUT2D eigenvalue weighted by Crippen LogP contribution is -2.34. The van der Waals surface area contributed by atoms with Gasteiger partial charge in [-0.15, -0.1) is 0 Å². The minimum absolute atomic E-state index is 0.211. The normalized spacial score (nSPS) is 13.7. The summed E-state index contributed by atoms with van der Waals surface area (Å²) in [4.78, 5) is 14.4. The Balaban J connectivity index is 1.56. The molecule has 1 amide bonds. The van der Waals surface area contributed by atoms with E-state index in [2.05, 4.69) is 27.7 Å². The molecular formula is C18H19N3OS. The van der Waals surface area contributed by atoms with Crippen LogP contribution in [0.4, 0.5) is 11.4 Å². The lowest BCUT2D eigenvalue weighted by atomic mass is 10.2. The molecule has 0 aliphatic carbocycles. The number of rotatable bonds is 3. The zero-order chi connectivity index (χ0) is 16.1. The van der Waals surface area contributed by atoms with E-state index in [1.165, 1.54) is 18.5 Å². The molecule has 3 rings (SSSR count). The molecule has 1 fully saturated rings. The van der Waals surface area contributed by atoms with Gasteiger partial charge in [0.2, 0.25) is 0 Å². The molecule has 1 aliphatic rings. The zero-order valence-corrected chi connectivity index (χ0v) is 13.6. The number of amides is 1. The van der Waals surface area contributed by atoms with Crippen molar-refractivity contribution in [3.63, 3.8) is 0 Å². The van der Waals surface area contributed by atoms with Crippen molar-refractivity contribution < 1.29 is 4.79 Å². The predicted molar refractivity (Wildman–Crippen MR) is 98.0 cm³/mol. The fraction of sp³-hybridized carbons (Fsp3) is 0.222. The van der Waals surface area contributed by atoms with E-state index < -0.39 is 0 Å². The number of benzene rings is 2. The Hall–Kier alpha value is -2.40. The van der Waals surface area contributed by atoms with Gasteiger partial charge in [-0.3, -0.25) is 10.1 Å². The lowest BCUT2D eigenvalue weighted by Gasteiger charge is -2.18. The average molecular weight is 325 g/mol. The third-order valence-corrected chi connectivity index (χ3v) is 4.06. The van der Waals surface area contributed by atoms with E-state index in [0.29, 0.717) is 10.7 Å². The van der Waals surface area contributed by atoms with Crippen molar-refractivity contribution in [3.8, 4) is 0 Å². The van der Waals surface area contributed by atoms with Crippen LogP contribution in [0.15, 0.2) is 54.6 Å². The maximum atomic E-state index is 12.0. The van der Waals surface area contributed by atoms with Crippen LogP contribution in [0.1, 0.15) is 23.2 Å². The molecule has 0 atom stereocenters. The van der Waals surface area contributed by atoms with Crippen LogP contribution in [0.3, 0.4) is 0 Å². The predicted octanol–water partition coefficient (Wildman–Crippen LogP) is 3.41. The lowest BCUT2D eigenvalue weighted by molar-refractivity contribution is 0.0977. The van der Waals surface area contributed by atoms with Crippen LogP contribution in [0.5, 0.6) is 0 Å². The van der Waals surface area contributed by atoms with Crippen LogP contribution >= 0.6 is 12.2 Å². The van der Waals surface area contributed by atoms with Gasteiger partial charge in [-0.25, -0.2) is 0 Å². The second-order valence-corrected chi connectivity index (χ2v) is 5.92. The first-order valence-electron chi connectivity index (χ1n) is 7.75. The highest BCUT2D eigenvalue weighted by Gasteiger charge is 2.12. The van der Waals surface area contributed by atoms with E-state index in [4.69, 9.17) is 12.2 Å². The highest BCUT2D eigenvalue weighted by atomic mass is 32.1. The van der Waals surface area contributed by atoms with Gasteiger partial charge in [0.05, 0.1) is 0 Å². The number of carbonyl (C=O) groups excluding carboxylic acids is 1. The molecule has 1 aliphatic heterocycles. The van der Waals surface area contributed by atoms with Gasteiger partial charge in [0, 0.05) is 30.0 Å². The van der Waals surface area contributed by atoms with Gasteiger partial charge >= 0.3 is 0 Å². The minimum atomic E-state index is -0.211. The summed E-state index contributed by atoms with van der Waals surface area (Å²) in [5.41, 5.74) is 2.68. The molecular weight excluding hydrogens is 306 g/mol. The van der Waals surface area contributed by atoms with Gasteiger partial charge in [0.15, 0.2) is 5.11 Å². The topological polar surface area (TPSA) is 44.4 Å². The van der Waals surface area contributed by atoms with Crippen molar-refractivity contribution in [3.05, 3.63) is 60.2 Å². The van der Waals surface area contributed by atoms with Crippen LogP contribution in [-0.2, 0) is 0 Å². The number of thiocarbonyl (C=S) groups is 1. The molecule has 0 unspecified atom stereocenters. The van der Waals surface area contributed by atoms with Crippen LogP contribution in [0.2, 0.25) is 0 Å². The number of nitrogens with zero attached hydrogens (tertiary/aromatic N) is 1. The molecule has 0 bridgehead atoms. The van der Waals surface area contributed by atoms with E-state index in [-0.39, 0.29) is 5.91 Å². The Bertz CT molecular complexity index is 679. The summed E-state index contributed by atoms with van der Waals surface area (Å²) < 4.78 is 0. The summed E-state index contributed by atoms with van der Waals surface area (Å²) in [6, 6.07) is 17.1. The van der Waals surface area contributed by atoms with E-state index in [0.717, 1.165) is 18.8 Å². The van der Waals surface area contributed by atoms with Crippen LogP contribution < -0.4 is 15.5 Å². The molecule has 23 heavy (non-hydrogen) atoms. The first kappa shape index (κ1) is 15.5. The van der Waals surface area contributed by atoms with Gasteiger partial charge < -0.3 is 10.2 Å². The first-order valence-corrected chi connectivity index (χ1v) is 8.15. The molecule has 2 N–H and O–H groups in total. The van der Waals surface area contributed by atoms with Crippen molar-refractivity contribution in [2.24, 2.45) is 0 Å². The van der Waals surface area contributed by atoms with Crippen LogP contribution in [-0.4, -0.2) is 24.1 Å². The Morgan fingerprint density at radius 1 is 0.957 bits per heavy atom. The summed E-state index contributed by atoms with van der Waals surface area (Å²) >= 11 is 5.20. The quantitative estimate of drug-likeness (QED) is 0.849. The molecule has 2 aromatic rings.